The molecule has 0 atom stereocenters. The molecule has 0 aromatic carbocycles. The Labute approximate surface area is 53.5 Å². The Morgan fingerprint density at radius 1 is 1.78 bits per heavy atom. The number of halogens is 1. The van der Waals surface area contributed by atoms with E-state index in [1.807, 2.05) is 0 Å². The van der Waals surface area contributed by atoms with Crippen LogP contribution in [0.5, 0.6) is 0 Å². The van der Waals surface area contributed by atoms with Gasteiger partial charge in [0.2, 0.25) is 0 Å². The van der Waals surface area contributed by atoms with Crippen molar-refractivity contribution < 1.29 is 4.92 Å². The first-order chi connectivity index (χ1) is 4.20. The van der Waals surface area contributed by atoms with Gasteiger partial charge in [-0.1, -0.05) is 0 Å². The summed E-state index contributed by atoms with van der Waals surface area (Å²) in [5.74, 6) is -0.606. The summed E-state index contributed by atoms with van der Waals surface area (Å²) in [6.07, 6.45) is 0. The SMILES string of the molecule is O=[N+]([O-])c1nnn(Cl)n1. The predicted molar refractivity (Wildman–Crippen MR) is 25.7 cm³/mol. The zero-order valence-electron chi connectivity index (χ0n) is 3.93. The minimum Gasteiger partial charge on any atom is -0.390 e. The maximum absolute atomic E-state index is 9.78. The van der Waals surface area contributed by atoms with Crippen LogP contribution in [0.3, 0.4) is 0 Å². The van der Waals surface area contributed by atoms with Crippen LogP contribution in [0.25, 0.3) is 0 Å². The number of rotatable bonds is 1. The predicted octanol–water partition coefficient (Wildman–Crippen LogP) is -0.417. The summed E-state index contributed by atoms with van der Waals surface area (Å²) in [5, 5.41) is 18.9. The summed E-state index contributed by atoms with van der Waals surface area (Å²) in [5.41, 5.74) is 0. The maximum atomic E-state index is 9.78. The lowest BCUT2D eigenvalue weighted by Crippen LogP contribution is -1.90. The summed E-state index contributed by atoms with van der Waals surface area (Å²) in [7, 11) is 0. The Kier molecular flexibility index (Phi) is 1.27. The van der Waals surface area contributed by atoms with Crippen molar-refractivity contribution in [1.82, 2.24) is 19.7 Å². The molecule has 0 spiro atoms. The molecule has 0 bridgehead atoms. The van der Waals surface area contributed by atoms with Crippen molar-refractivity contribution in [2.75, 3.05) is 0 Å². The summed E-state index contributed by atoms with van der Waals surface area (Å²) in [6.45, 7) is 0. The van der Waals surface area contributed by atoms with Gasteiger partial charge in [0.15, 0.2) is 0 Å². The van der Waals surface area contributed by atoms with Gasteiger partial charge in [0.25, 0.3) is 0 Å². The van der Waals surface area contributed by atoms with Gasteiger partial charge in [0, 0.05) is 4.32 Å². The zero-order chi connectivity index (χ0) is 6.85. The molecule has 1 aromatic heterocycles. The molecule has 8 heteroatoms. The van der Waals surface area contributed by atoms with Gasteiger partial charge in [-0.05, 0) is 4.92 Å². The van der Waals surface area contributed by atoms with Gasteiger partial charge in [-0.15, -0.1) is 0 Å². The van der Waals surface area contributed by atoms with E-state index >= 15 is 0 Å². The summed E-state index contributed by atoms with van der Waals surface area (Å²) < 4.78 is 0.498. The molecule has 1 heterocycles. The van der Waals surface area contributed by atoms with Gasteiger partial charge in [0.05, 0.1) is 27.2 Å². The highest BCUT2D eigenvalue weighted by Crippen LogP contribution is 1.96. The van der Waals surface area contributed by atoms with Crippen molar-refractivity contribution in [2.45, 2.75) is 0 Å². The first-order valence-corrected chi connectivity index (χ1v) is 2.14. The fourth-order valence-corrected chi connectivity index (χ4v) is 0.365. The van der Waals surface area contributed by atoms with Crippen LogP contribution < -0.4 is 0 Å². The minimum absolute atomic E-state index is 0.498. The smallest absolute Gasteiger partial charge is 0.390 e. The number of aromatic nitrogens is 4. The highest BCUT2D eigenvalue weighted by Gasteiger charge is 2.12. The van der Waals surface area contributed by atoms with E-state index in [0.29, 0.717) is 4.32 Å². The van der Waals surface area contributed by atoms with Crippen LogP contribution >= 0.6 is 11.8 Å². The molecule has 0 N–H and O–H groups in total. The Morgan fingerprint density at radius 3 is 2.67 bits per heavy atom. The van der Waals surface area contributed by atoms with Crippen LogP contribution in [0, 0.1) is 10.1 Å². The van der Waals surface area contributed by atoms with E-state index in [4.69, 9.17) is 11.8 Å². The second kappa shape index (κ2) is 1.94. The third kappa shape index (κ3) is 1.11. The highest BCUT2D eigenvalue weighted by atomic mass is 35.5. The number of tetrazole rings is 1. The number of nitrogens with zero attached hydrogens (tertiary/aromatic N) is 5. The van der Waals surface area contributed by atoms with E-state index in [2.05, 4.69) is 15.4 Å². The lowest BCUT2D eigenvalue weighted by molar-refractivity contribution is -0.394. The molecule has 48 valence electrons. The van der Waals surface area contributed by atoms with Gasteiger partial charge in [-0.25, -0.2) is 0 Å². The van der Waals surface area contributed by atoms with E-state index < -0.39 is 10.9 Å². The van der Waals surface area contributed by atoms with Crippen LogP contribution in [0.2, 0.25) is 0 Å². The third-order valence-electron chi connectivity index (χ3n) is 0.543. The van der Waals surface area contributed by atoms with Gasteiger partial charge >= 0.3 is 5.95 Å². The normalized spacial score (nSPS) is 9.44. The fraction of sp³-hybridized carbons (Fsp3) is 0. The molecule has 7 nitrogen and oxygen atoms in total. The molecule has 0 aliphatic rings. The lowest BCUT2D eigenvalue weighted by atomic mass is 11.1. The Hall–Kier alpha value is -1.24. The number of nitro groups is 1. The van der Waals surface area contributed by atoms with E-state index in [9.17, 15) is 10.1 Å². The van der Waals surface area contributed by atoms with Crippen LogP contribution in [-0.2, 0) is 0 Å². The molecule has 9 heavy (non-hydrogen) atoms. The topological polar surface area (TPSA) is 86.7 Å². The lowest BCUT2D eigenvalue weighted by Gasteiger charge is -1.79. The molecule has 0 aliphatic carbocycles. The molecule has 0 aliphatic heterocycles. The first-order valence-electron chi connectivity index (χ1n) is 1.80. The van der Waals surface area contributed by atoms with Gasteiger partial charge in [-0.3, -0.25) is 0 Å². The molecule has 0 unspecified atom stereocenters. The second-order valence-electron chi connectivity index (χ2n) is 1.09. The molecule has 0 fully saturated rings. The van der Waals surface area contributed by atoms with Crippen LogP contribution in [0.4, 0.5) is 5.95 Å². The summed E-state index contributed by atoms with van der Waals surface area (Å²) in [4.78, 5) is 9.00. The second-order valence-corrected chi connectivity index (χ2v) is 1.39. The van der Waals surface area contributed by atoms with Crippen molar-refractivity contribution in [3.8, 4) is 0 Å². The molecule has 1 aromatic rings. The Morgan fingerprint density at radius 2 is 2.44 bits per heavy atom. The van der Waals surface area contributed by atoms with Crippen molar-refractivity contribution in [3.63, 3.8) is 0 Å². The summed E-state index contributed by atoms with van der Waals surface area (Å²) in [6, 6.07) is 0. The minimum atomic E-state index is -0.786. The average Bonchev–Trinajstić information content (AvgIpc) is 2.14. The largest absolute Gasteiger partial charge is 0.516 e. The monoisotopic (exact) mass is 149 g/mol. The maximum Gasteiger partial charge on any atom is 0.516 e. The molecule has 0 saturated heterocycles. The fourth-order valence-electron chi connectivity index (χ4n) is 0.264. The highest BCUT2D eigenvalue weighted by molar-refractivity contribution is 6.13. The summed E-state index contributed by atoms with van der Waals surface area (Å²) >= 11 is 5.03. The van der Waals surface area contributed by atoms with Crippen LogP contribution in [0.1, 0.15) is 0 Å². The van der Waals surface area contributed by atoms with Crippen LogP contribution in [0.15, 0.2) is 0 Å². The van der Waals surface area contributed by atoms with E-state index in [-0.39, 0.29) is 0 Å². The van der Waals surface area contributed by atoms with E-state index in [1.54, 1.807) is 0 Å². The Balaban J connectivity index is 2.98. The van der Waals surface area contributed by atoms with Crippen molar-refractivity contribution in [1.29, 1.82) is 0 Å². The van der Waals surface area contributed by atoms with Gasteiger partial charge < -0.3 is 10.1 Å². The van der Waals surface area contributed by atoms with Crippen molar-refractivity contribution >= 4 is 17.7 Å². The van der Waals surface area contributed by atoms with Gasteiger partial charge in [0.1, 0.15) is 0 Å². The molecule has 0 radical (unpaired) electrons. The molecular weight excluding hydrogens is 149 g/mol. The Bertz CT molecular complexity index is 231. The number of hydrogen-bond donors (Lipinski definition) is 0. The quantitative estimate of drug-likeness (QED) is 0.400. The molecule has 0 saturated carbocycles. The van der Waals surface area contributed by atoms with Crippen LogP contribution in [-0.4, -0.2) is 24.6 Å². The van der Waals surface area contributed by atoms with Crippen molar-refractivity contribution in [2.24, 2.45) is 0 Å². The van der Waals surface area contributed by atoms with E-state index in [0.717, 1.165) is 0 Å². The molecule has 0 amide bonds. The molecule has 1 rings (SSSR count). The standard InChI is InChI=1S/CClN5O2/c2-7-4-1(3-5-7)6(8)9. The van der Waals surface area contributed by atoms with E-state index in [1.165, 1.54) is 0 Å². The van der Waals surface area contributed by atoms with Crippen molar-refractivity contribution in [3.05, 3.63) is 10.1 Å². The average molecular weight is 149 g/mol. The number of hydrogen-bond acceptors (Lipinski definition) is 5. The molecular formula is CClN5O2. The first kappa shape index (κ1) is 5.89. The van der Waals surface area contributed by atoms with Gasteiger partial charge in [-0.2, -0.15) is 0 Å². The third-order valence-corrected chi connectivity index (χ3v) is 0.686. The zero-order valence-corrected chi connectivity index (χ0v) is 4.69.